The summed E-state index contributed by atoms with van der Waals surface area (Å²) in [4.78, 5) is 21.0. The Hall–Kier alpha value is -2.09. The van der Waals surface area contributed by atoms with E-state index in [0.29, 0.717) is 18.3 Å². The van der Waals surface area contributed by atoms with Crippen LogP contribution in [0.2, 0.25) is 0 Å². The van der Waals surface area contributed by atoms with E-state index in [4.69, 9.17) is 22.3 Å². The maximum atomic E-state index is 10.1. The van der Waals surface area contributed by atoms with Crippen molar-refractivity contribution >= 4 is 11.9 Å². The van der Waals surface area contributed by atoms with Crippen molar-refractivity contribution in [2.45, 2.75) is 289 Å². The lowest BCUT2D eigenvalue weighted by Gasteiger charge is -2.07. The predicted molar refractivity (Wildman–Crippen MR) is 307 cm³/mol. The molecule has 406 valence electrons. The van der Waals surface area contributed by atoms with E-state index in [1.165, 1.54) is 95.6 Å². The zero-order valence-corrected chi connectivity index (χ0v) is 49.1. The van der Waals surface area contributed by atoms with Crippen LogP contribution in [-0.4, -0.2) is 39.6 Å². The number of hydrogen-bond donors (Lipinski definition) is 5. The summed E-state index contributed by atoms with van der Waals surface area (Å²) in [7, 11) is 0. The molecular formula is C58H132N6O2. The molecule has 1 unspecified atom stereocenters. The highest BCUT2D eigenvalue weighted by Crippen LogP contribution is 2.08. The van der Waals surface area contributed by atoms with Crippen molar-refractivity contribution in [2.24, 2.45) is 75.5 Å². The molecule has 1 rings (SSSR count). The molecule has 66 heavy (non-hydrogen) atoms. The summed E-state index contributed by atoms with van der Waals surface area (Å²) in [6.45, 7) is 53.8. The van der Waals surface area contributed by atoms with Gasteiger partial charge in [-0.1, -0.05) is 263 Å². The highest BCUT2D eigenvalue weighted by Gasteiger charge is 2.12. The van der Waals surface area contributed by atoms with Crippen molar-refractivity contribution in [1.29, 1.82) is 0 Å². The molecular weight excluding hydrogens is 813 g/mol. The number of aliphatic carboxylic acids is 1. The van der Waals surface area contributed by atoms with Crippen LogP contribution in [-0.2, 0) is 11.2 Å². The topological polar surface area (TPSA) is 156 Å². The lowest BCUT2D eigenvalue weighted by Crippen LogP contribution is -2.31. The number of aliphatic imine (C=N–C) groups is 1. The Kier molecular flexibility index (Phi) is 85.4. The first-order valence-electron chi connectivity index (χ1n) is 27.1. The van der Waals surface area contributed by atoms with Crippen LogP contribution in [0.1, 0.15) is 282 Å². The highest BCUT2D eigenvalue weighted by atomic mass is 16.4. The molecule has 0 spiro atoms. The van der Waals surface area contributed by atoms with Crippen molar-refractivity contribution < 1.29 is 9.90 Å². The number of carbonyl (C=O) groups is 1. The van der Waals surface area contributed by atoms with Crippen LogP contribution < -0.4 is 17.2 Å². The number of aromatic amines is 1. The quantitative estimate of drug-likeness (QED) is 0.0443. The number of hydrogen-bond acceptors (Lipinski definition) is 4. The fraction of sp³-hybridized carbons (Fsp3) is 0.914. The second kappa shape index (κ2) is 67.2. The molecule has 0 fully saturated rings. The molecule has 0 saturated heterocycles. The minimum absolute atomic E-state index is 0. The monoisotopic (exact) mass is 945 g/mol. The number of guanidine groups is 1. The molecule has 0 aromatic carbocycles. The fourth-order valence-electron chi connectivity index (χ4n) is 4.85. The van der Waals surface area contributed by atoms with Crippen molar-refractivity contribution in [3.05, 3.63) is 18.2 Å². The van der Waals surface area contributed by atoms with E-state index >= 15 is 0 Å². The third-order valence-corrected chi connectivity index (χ3v) is 9.33. The Bertz CT molecular complexity index is 935. The molecule has 1 aromatic rings. The summed E-state index contributed by atoms with van der Waals surface area (Å²) in [5.41, 5.74) is 16.8. The molecule has 0 bridgehead atoms. The third-order valence-electron chi connectivity index (χ3n) is 9.33. The smallest absolute Gasteiger partial charge is 0.320 e. The maximum absolute atomic E-state index is 10.1. The van der Waals surface area contributed by atoms with Crippen molar-refractivity contribution in [3.8, 4) is 0 Å². The van der Waals surface area contributed by atoms with Gasteiger partial charge in [0.25, 0.3) is 0 Å². The van der Waals surface area contributed by atoms with E-state index in [1.54, 1.807) is 6.33 Å². The summed E-state index contributed by atoms with van der Waals surface area (Å²) < 4.78 is 0. The molecule has 1 atom stereocenters. The van der Waals surface area contributed by atoms with Gasteiger partial charge in [-0.15, -0.1) is 0 Å². The normalized spacial score (nSPS) is 10.5. The van der Waals surface area contributed by atoms with Gasteiger partial charge in [0, 0.05) is 18.4 Å². The number of nitrogens with zero attached hydrogens (tertiary/aromatic N) is 2. The SMILES string of the molecule is C.CC(C)CC(N)C(=O)O.CC(C)CCCCN=C(N)N.CC(C)Cc1cnc[nH]1.CCC(C)C.CCC(C)C.CCCC(C)C.CCCC(C)C.CCCC(C)C.CCCCCC(C)C. The number of nitrogens with one attached hydrogen (secondary N) is 1. The van der Waals surface area contributed by atoms with E-state index in [0.717, 1.165) is 60.8 Å². The third kappa shape index (κ3) is 125. The molecule has 0 saturated carbocycles. The minimum atomic E-state index is -0.913. The van der Waals surface area contributed by atoms with Gasteiger partial charge in [-0.2, -0.15) is 0 Å². The summed E-state index contributed by atoms with van der Waals surface area (Å²) in [5.74, 6) is 6.51. The predicted octanol–water partition coefficient (Wildman–Crippen LogP) is 18.4. The van der Waals surface area contributed by atoms with Gasteiger partial charge in [-0.05, 0) is 72.5 Å². The molecule has 0 radical (unpaired) electrons. The molecule has 1 aromatic heterocycles. The highest BCUT2D eigenvalue weighted by molar-refractivity contribution is 5.75. The number of unbranched alkanes of at least 4 members (excludes halogenated alkanes) is 3. The Morgan fingerprint density at radius 2 is 0.894 bits per heavy atom. The van der Waals surface area contributed by atoms with E-state index < -0.39 is 12.0 Å². The van der Waals surface area contributed by atoms with E-state index in [2.05, 4.69) is 167 Å². The number of carboxylic acids is 1. The summed E-state index contributed by atoms with van der Waals surface area (Å²) in [6.07, 6.45) is 25.2. The Morgan fingerprint density at radius 3 is 1.08 bits per heavy atom. The second-order valence-electron chi connectivity index (χ2n) is 21.5. The number of rotatable bonds is 22. The lowest BCUT2D eigenvalue weighted by atomic mass is 10.1. The first-order chi connectivity index (χ1) is 30.1. The molecule has 0 aliphatic carbocycles. The molecule has 0 aliphatic rings. The first kappa shape index (κ1) is 83.9. The van der Waals surface area contributed by atoms with E-state index in [1.807, 2.05) is 20.0 Å². The van der Waals surface area contributed by atoms with Crippen LogP contribution >= 0.6 is 0 Å². The fourth-order valence-corrected chi connectivity index (χ4v) is 4.85. The summed E-state index contributed by atoms with van der Waals surface area (Å²) >= 11 is 0. The van der Waals surface area contributed by atoms with Crippen molar-refractivity contribution in [3.63, 3.8) is 0 Å². The first-order valence-corrected chi connectivity index (χ1v) is 27.1. The van der Waals surface area contributed by atoms with Crippen LogP contribution in [0.5, 0.6) is 0 Å². The van der Waals surface area contributed by atoms with Gasteiger partial charge in [0.1, 0.15) is 6.04 Å². The van der Waals surface area contributed by atoms with Crippen LogP contribution in [0.15, 0.2) is 17.5 Å². The maximum Gasteiger partial charge on any atom is 0.320 e. The Labute approximate surface area is 419 Å². The number of carboxylic acid groups (broad SMARTS) is 1. The summed E-state index contributed by atoms with van der Waals surface area (Å²) in [5, 5.41) is 8.31. The van der Waals surface area contributed by atoms with Gasteiger partial charge >= 0.3 is 5.97 Å². The molecule has 8 heteroatoms. The van der Waals surface area contributed by atoms with Crippen LogP contribution in [0.25, 0.3) is 0 Å². The average molecular weight is 946 g/mol. The molecule has 8 nitrogen and oxygen atoms in total. The van der Waals surface area contributed by atoms with E-state index in [-0.39, 0.29) is 13.4 Å². The number of aromatic nitrogens is 2. The number of nitrogens with two attached hydrogens (primary N) is 3. The second-order valence-corrected chi connectivity index (χ2v) is 21.5. The van der Waals surface area contributed by atoms with Gasteiger partial charge in [0.05, 0.1) is 6.33 Å². The average Bonchev–Trinajstić information content (AvgIpc) is 3.68. The van der Waals surface area contributed by atoms with Crippen LogP contribution in [0.4, 0.5) is 0 Å². The van der Waals surface area contributed by atoms with Gasteiger partial charge in [0.2, 0.25) is 0 Å². The molecule has 1 heterocycles. The Morgan fingerprint density at radius 1 is 0.545 bits per heavy atom. The van der Waals surface area contributed by atoms with Gasteiger partial charge in [-0.25, -0.2) is 4.98 Å². The number of imidazole rings is 1. The molecule has 0 aliphatic heterocycles. The van der Waals surface area contributed by atoms with Gasteiger partial charge < -0.3 is 27.3 Å². The standard InChI is InChI=1S/C8H19N3.C8H18.C7H12N2.C6H13NO2.3C6H14.2C5H12.CH4/c1-7(2)5-3-4-6-11-8(9)10;1-4-5-6-7-8(2)3;1-6(2)3-7-4-8-5-9-7;1-4(2)3-5(7)6(8)9;3*1-4-5-6(2)3;2*1-4-5(2)3;/h7H,3-6H2,1-2H3,(H4,9,10,11);8H,4-7H2,1-3H3;4-6H,3H2,1-2H3,(H,8,9);4-5H,3,7H2,1-2H3,(H,8,9);3*6H,4-5H2,1-3H3;2*5H,4H2,1-3H3;1H4. The van der Waals surface area contributed by atoms with Crippen molar-refractivity contribution in [1.82, 2.24) is 9.97 Å². The van der Waals surface area contributed by atoms with Crippen molar-refractivity contribution in [2.75, 3.05) is 6.54 Å². The lowest BCUT2D eigenvalue weighted by molar-refractivity contribution is -0.138. The Balaban J connectivity index is -0.0000000800. The minimum Gasteiger partial charge on any atom is -0.480 e. The molecule has 0 amide bonds. The zero-order valence-electron chi connectivity index (χ0n) is 49.1. The van der Waals surface area contributed by atoms with Crippen LogP contribution in [0, 0.1) is 53.3 Å². The largest absolute Gasteiger partial charge is 0.480 e. The van der Waals surface area contributed by atoms with E-state index in [9.17, 15) is 4.79 Å². The van der Waals surface area contributed by atoms with Crippen LogP contribution in [0.3, 0.4) is 0 Å². The van der Waals surface area contributed by atoms with Gasteiger partial charge in [0.15, 0.2) is 5.96 Å². The number of H-pyrrole nitrogens is 1. The zero-order chi connectivity index (χ0) is 52.8. The summed E-state index contributed by atoms with van der Waals surface area (Å²) in [6, 6.07) is -0.690. The molecule has 8 N–H and O–H groups in total. The van der Waals surface area contributed by atoms with Gasteiger partial charge in [-0.3, -0.25) is 9.79 Å².